The molecule has 166 valence electrons. The predicted molar refractivity (Wildman–Crippen MR) is 119 cm³/mol. The number of carbonyl (C=O) groups is 2. The summed E-state index contributed by atoms with van der Waals surface area (Å²) < 4.78 is 11.1. The van der Waals surface area contributed by atoms with Gasteiger partial charge < -0.3 is 19.9 Å². The Morgan fingerprint density at radius 1 is 0.968 bits per heavy atom. The highest BCUT2D eigenvalue weighted by Crippen LogP contribution is 2.44. The van der Waals surface area contributed by atoms with Crippen molar-refractivity contribution in [3.63, 3.8) is 0 Å². The number of alkyl carbamates (subject to hydrolysis) is 1. The number of aliphatic hydroxyl groups excluding tert-OH is 1. The molecule has 2 aromatic carbocycles. The first-order valence-corrected chi connectivity index (χ1v) is 10.6. The highest BCUT2D eigenvalue weighted by atomic mass is 16.6. The molecule has 2 N–H and O–H groups in total. The Morgan fingerprint density at radius 3 is 2.03 bits per heavy atom. The van der Waals surface area contributed by atoms with Gasteiger partial charge in [0.1, 0.15) is 17.7 Å². The van der Waals surface area contributed by atoms with Crippen molar-refractivity contribution in [2.75, 3.05) is 13.2 Å². The zero-order valence-corrected chi connectivity index (χ0v) is 18.6. The summed E-state index contributed by atoms with van der Waals surface area (Å²) in [6.07, 6.45) is -0.102. The van der Waals surface area contributed by atoms with E-state index in [1.54, 1.807) is 27.7 Å². The summed E-state index contributed by atoms with van der Waals surface area (Å²) in [6, 6.07) is 16.2. The number of fused-ring (bicyclic) bond motifs is 3. The van der Waals surface area contributed by atoms with Gasteiger partial charge in [-0.2, -0.15) is 0 Å². The van der Waals surface area contributed by atoms with Crippen molar-refractivity contribution in [3.05, 3.63) is 59.7 Å². The maximum absolute atomic E-state index is 12.7. The predicted octanol–water partition coefficient (Wildman–Crippen LogP) is 4.40. The molecule has 31 heavy (non-hydrogen) atoms. The minimum atomic E-state index is -1.29. The van der Waals surface area contributed by atoms with E-state index in [-0.39, 0.29) is 25.6 Å². The lowest BCUT2D eigenvalue weighted by molar-refractivity contribution is -0.162. The van der Waals surface area contributed by atoms with E-state index in [0.717, 1.165) is 22.3 Å². The molecule has 6 heteroatoms. The summed E-state index contributed by atoms with van der Waals surface area (Å²) in [5, 5.41) is 11.9. The van der Waals surface area contributed by atoms with Crippen molar-refractivity contribution in [1.29, 1.82) is 0 Å². The molecule has 0 saturated carbocycles. The van der Waals surface area contributed by atoms with Crippen LogP contribution in [0.1, 0.15) is 57.6 Å². The van der Waals surface area contributed by atoms with Gasteiger partial charge in [-0.25, -0.2) is 9.59 Å². The molecule has 0 bridgehead atoms. The van der Waals surface area contributed by atoms with E-state index in [2.05, 4.69) is 17.4 Å². The van der Waals surface area contributed by atoms with E-state index in [0.29, 0.717) is 6.42 Å². The van der Waals surface area contributed by atoms with Crippen LogP contribution < -0.4 is 5.32 Å². The standard InChI is InChI=1S/C25H31NO5/c1-24(2,3)31-22(28)25(4,14-9-15-27)26-23(29)30-16-21-19-12-7-5-10-17(19)18-11-6-8-13-20(18)21/h5-8,10-13,21,27H,9,14-16H2,1-4H3,(H,26,29)/t25-/m0/s1. The number of aliphatic hydroxyl groups is 1. The average molecular weight is 426 g/mol. The largest absolute Gasteiger partial charge is 0.458 e. The maximum atomic E-state index is 12.7. The molecule has 0 unspecified atom stereocenters. The number of benzene rings is 2. The van der Waals surface area contributed by atoms with Gasteiger partial charge in [-0.3, -0.25) is 0 Å². The van der Waals surface area contributed by atoms with Gasteiger partial charge in [0, 0.05) is 12.5 Å². The van der Waals surface area contributed by atoms with E-state index >= 15 is 0 Å². The number of esters is 1. The lowest BCUT2D eigenvalue weighted by Crippen LogP contribution is -2.54. The SMILES string of the molecule is CC(C)(C)OC(=O)[C@](C)(CCCO)NC(=O)OCC1c2ccccc2-c2ccccc21. The normalized spacial score (nSPS) is 14.9. The van der Waals surface area contributed by atoms with Crippen LogP contribution in [-0.2, 0) is 14.3 Å². The first-order valence-electron chi connectivity index (χ1n) is 10.6. The zero-order chi connectivity index (χ0) is 22.6. The maximum Gasteiger partial charge on any atom is 0.408 e. The summed E-state index contributed by atoms with van der Waals surface area (Å²) in [7, 11) is 0. The Bertz CT molecular complexity index is 903. The van der Waals surface area contributed by atoms with Crippen LogP contribution in [0.25, 0.3) is 11.1 Å². The molecule has 2 aromatic rings. The van der Waals surface area contributed by atoms with E-state index in [1.807, 2.05) is 36.4 Å². The Labute approximate surface area is 183 Å². The first-order chi connectivity index (χ1) is 14.6. The Balaban J connectivity index is 1.71. The third-order valence-electron chi connectivity index (χ3n) is 5.41. The molecule has 6 nitrogen and oxygen atoms in total. The van der Waals surface area contributed by atoms with Crippen molar-refractivity contribution >= 4 is 12.1 Å². The van der Waals surface area contributed by atoms with Gasteiger partial charge in [0.2, 0.25) is 0 Å². The third-order valence-corrected chi connectivity index (χ3v) is 5.41. The molecule has 0 fully saturated rings. The monoisotopic (exact) mass is 425 g/mol. The fraction of sp³-hybridized carbons (Fsp3) is 0.440. The lowest BCUT2D eigenvalue weighted by Gasteiger charge is -2.32. The summed E-state index contributed by atoms with van der Waals surface area (Å²) in [5.41, 5.74) is 2.54. The molecule has 1 atom stereocenters. The third kappa shape index (κ3) is 5.25. The van der Waals surface area contributed by atoms with Crippen LogP contribution in [0.4, 0.5) is 4.79 Å². The average Bonchev–Trinajstić information content (AvgIpc) is 3.03. The van der Waals surface area contributed by atoms with E-state index in [4.69, 9.17) is 9.47 Å². The van der Waals surface area contributed by atoms with Crippen molar-refractivity contribution < 1.29 is 24.2 Å². The molecule has 0 spiro atoms. The molecule has 0 radical (unpaired) electrons. The lowest BCUT2D eigenvalue weighted by atomic mass is 9.95. The molecule has 1 aliphatic carbocycles. The minimum absolute atomic E-state index is 0.0663. The second-order valence-corrected chi connectivity index (χ2v) is 9.11. The highest BCUT2D eigenvalue weighted by molar-refractivity contribution is 5.85. The minimum Gasteiger partial charge on any atom is -0.458 e. The zero-order valence-electron chi connectivity index (χ0n) is 18.6. The molecule has 0 aromatic heterocycles. The summed E-state index contributed by atoms with van der Waals surface area (Å²) in [4.78, 5) is 25.4. The number of amides is 1. The molecule has 0 saturated heterocycles. The molecule has 0 aliphatic heterocycles. The fourth-order valence-corrected chi connectivity index (χ4v) is 3.90. The van der Waals surface area contributed by atoms with Crippen LogP contribution in [-0.4, -0.2) is 41.5 Å². The fourth-order valence-electron chi connectivity index (χ4n) is 3.90. The highest BCUT2D eigenvalue weighted by Gasteiger charge is 2.39. The first kappa shape index (κ1) is 22.8. The second kappa shape index (κ2) is 9.10. The molecule has 1 aliphatic rings. The van der Waals surface area contributed by atoms with Gasteiger partial charge in [0.25, 0.3) is 0 Å². The van der Waals surface area contributed by atoms with Crippen molar-refractivity contribution in [3.8, 4) is 11.1 Å². The number of carbonyl (C=O) groups excluding carboxylic acids is 2. The molecular weight excluding hydrogens is 394 g/mol. The van der Waals surface area contributed by atoms with Gasteiger partial charge in [-0.05, 0) is 62.8 Å². The van der Waals surface area contributed by atoms with Gasteiger partial charge >= 0.3 is 12.1 Å². The topological polar surface area (TPSA) is 84.9 Å². The van der Waals surface area contributed by atoms with Crippen molar-refractivity contribution in [2.45, 2.75) is 57.6 Å². The Morgan fingerprint density at radius 2 is 1.52 bits per heavy atom. The Kier molecular flexibility index (Phi) is 6.70. The van der Waals surface area contributed by atoms with E-state index < -0.39 is 23.2 Å². The van der Waals surface area contributed by atoms with Crippen LogP contribution in [0, 0.1) is 0 Å². The van der Waals surface area contributed by atoms with E-state index in [1.165, 1.54) is 0 Å². The van der Waals surface area contributed by atoms with Crippen LogP contribution in [0.3, 0.4) is 0 Å². The van der Waals surface area contributed by atoms with Crippen molar-refractivity contribution in [2.24, 2.45) is 0 Å². The van der Waals surface area contributed by atoms with Gasteiger partial charge in [-0.15, -0.1) is 0 Å². The second-order valence-electron chi connectivity index (χ2n) is 9.11. The van der Waals surface area contributed by atoms with Gasteiger partial charge in [-0.1, -0.05) is 48.5 Å². The number of hydrogen-bond acceptors (Lipinski definition) is 5. The van der Waals surface area contributed by atoms with Crippen LogP contribution >= 0.6 is 0 Å². The number of rotatable bonds is 7. The Hall–Kier alpha value is -2.86. The number of hydrogen-bond donors (Lipinski definition) is 2. The van der Waals surface area contributed by atoms with Crippen molar-refractivity contribution in [1.82, 2.24) is 5.32 Å². The smallest absolute Gasteiger partial charge is 0.408 e. The molecule has 3 rings (SSSR count). The number of nitrogens with one attached hydrogen (secondary N) is 1. The van der Waals surface area contributed by atoms with Crippen LogP contribution in [0.5, 0.6) is 0 Å². The molecule has 0 heterocycles. The van der Waals surface area contributed by atoms with Gasteiger partial charge in [0.05, 0.1) is 0 Å². The summed E-state index contributed by atoms with van der Waals surface area (Å²) in [6.45, 7) is 6.97. The van der Waals surface area contributed by atoms with Crippen LogP contribution in [0.2, 0.25) is 0 Å². The molecular formula is C25H31NO5. The molecule has 1 amide bonds. The quantitative estimate of drug-likeness (QED) is 0.643. The van der Waals surface area contributed by atoms with Gasteiger partial charge in [0.15, 0.2) is 0 Å². The van der Waals surface area contributed by atoms with E-state index in [9.17, 15) is 14.7 Å². The summed E-state index contributed by atoms with van der Waals surface area (Å²) >= 11 is 0. The van der Waals surface area contributed by atoms with Crippen LogP contribution in [0.15, 0.2) is 48.5 Å². The summed E-state index contributed by atoms with van der Waals surface area (Å²) in [5.74, 6) is -0.620. The number of ether oxygens (including phenoxy) is 2.